The van der Waals surface area contributed by atoms with E-state index < -0.39 is 18.1 Å². The molecule has 3 N–H and O–H groups in total. The Balaban J connectivity index is 0.000000429. The van der Waals surface area contributed by atoms with Crippen molar-refractivity contribution in [3.05, 3.63) is 70.1 Å². The quantitative estimate of drug-likeness (QED) is 0.408. The Hall–Kier alpha value is -3.44. The van der Waals surface area contributed by atoms with Gasteiger partial charge < -0.3 is 15.5 Å². The Labute approximate surface area is 203 Å². The maximum Gasteiger partial charge on any atom is 0.490 e. The van der Waals surface area contributed by atoms with Crippen molar-refractivity contribution in [2.45, 2.75) is 38.5 Å². The molecule has 0 saturated carbocycles. The molecule has 0 saturated heterocycles. The molecule has 0 unspecified atom stereocenters. The molecule has 35 heavy (non-hydrogen) atoms. The van der Waals surface area contributed by atoms with Crippen LogP contribution in [0.1, 0.15) is 33.6 Å². The SMILES string of the molecule is O=C(O)C(F)(F)F.O=C(O)c1c2c(nn1CCCNCc1cccc(Cl)c1)-c1ccncc1CC2. The van der Waals surface area contributed by atoms with Crippen LogP contribution < -0.4 is 5.32 Å². The van der Waals surface area contributed by atoms with Gasteiger partial charge in [0.25, 0.3) is 0 Å². The van der Waals surface area contributed by atoms with Gasteiger partial charge in [0.15, 0.2) is 0 Å². The predicted octanol–water partition coefficient (Wildman–Crippen LogP) is 4.21. The summed E-state index contributed by atoms with van der Waals surface area (Å²) in [7, 11) is 0. The molecule has 1 aliphatic rings. The maximum atomic E-state index is 11.9. The molecular weight excluding hydrogens is 489 g/mol. The monoisotopic (exact) mass is 510 g/mol. The van der Waals surface area contributed by atoms with E-state index in [1.807, 2.05) is 36.5 Å². The van der Waals surface area contributed by atoms with Gasteiger partial charge in [0.2, 0.25) is 0 Å². The van der Waals surface area contributed by atoms with Crippen LogP contribution in [-0.4, -0.2) is 49.6 Å². The first kappa shape index (κ1) is 26.2. The van der Waals surface area contributed by atoms with Crippen LogP contribution in [0.25, 0.3) is 11.3 Å². The fourth-order valence-electron chi connectivity index (χ4n) is 3.70. The summed E-state index contributed by atoms with van der Waals surface area (Å²) in [5.74, 6) is -3.68. The van der Waals surface area contributed by atoms with Crippen molar-refractivity contribution in [2.24, 2.45) is 0 Å². The van der Waals surface area contributed by atoms with E-state index in [1.54, 1.807) is 10.9 Å². The van der Waals surface area contributed by atoms with Gasteiger partial charge in [-0.25, -0.2) is 9.59 Å². The number of aryl methyl sites for hydroxylation is 2. The van der Waals surface area contributed by atoms with E-state index in [4.69, 9.17) is 21.5 Å². The summed E-state index contributed by atoms with van der Waals surface area (Å²) in [6.45, 7) is 2.04. The lowest BCUT2D eigenvalue weighted by atomic mass is 9.90. The number of carbonyl (C=O) groups is 2. The van der Waals surface area contributed by atoms with Crippen LogP contribution in [0.3, 0.4) is 0 Å². The minimum Gasteiger partial charge on any atom is -0.477 e. The minimum atomic E-state index is -5.08. The van der Waals surface area contributed by atoms with E-state index in [2.05, 4.69) is 15.4 Å². The molecule has 186 valence electrons. The van der Waals surface area contributed by atoms with Crippen molar-refractivity contribution in [1.82, 2.24) is 20.1 Å². The number of nitrogens with one attached hydrogen (secondary N) is 1. The summed E-state index contributed by atoms with van der Waals surface area (Å²) in [6.07, 6.45) is 0.751. The Morgan fingerprint density at radius 3 is 2.57 bits per heavy atom. The fraction of sp³-hybridized carbons (Fsp3) is 0.304. The van der Waals surface area contributed by atoms with Crippen molar-refractivity contribution in [3.63, 3.8) is 0 Å². The standard InChI is InChI=1S/C21H21ClN4O2.C2HF3O2/c22-16-4-1-3-14(11-16)12-23-8-2-10-26-20(21(27)28)18-6-5-15-13-24-9-7-17(15)19(18)25-26;3-2(4,5)1(6)7/h1,3-4,7,9,11,13,23H,2,5-6,8,10,12H2,(H,27,28);(H,6,7). The maximum absolute atomic E-state index is 11.9. The molecule has 0 fully saturated rings. The van der Waals surface area contributed by atoms with Gasteiger partial charge in [-0.3, -0.25) is 9.67 Å². The van der Waals surface area contributed by atoms with Crippen LogP contribution in [0.5, 0.6) is 0 Å². The topological polar surface area (TPSA) is 117 Å². The summed E-state index contributed by atoms with van der Waals surface area (Å²) in [5, 5.41) is 25.6. The highest BCUT2D eigenvalue weighted by molar-refractivity contribution is 6.30. The van der Waals surface area contributed by atoms with Gasteiger partial charge in [-0.15, -0.1) is 0 Å². The minimum absolute atomic E-state index is 0.312. The van der Waals surface area contributed by atoms with Crippen LogP contribution in [0.4, 0.5) is 13.2 Å². The molecule has 3 aromatic rings. The Morgan fingerprint density at radius 1 is 1.17 bits per heavy atom. The normalized spacial score (nSPS) is 12.2. The molecule has 2 heterocycles. The van der Waals surface area contributed by atoms with E-state index in [0.717, 1.165) is 58.9 Å². The second kappa shape index (κ2) is 11.3. The van der Waals surface area contributed by atoms with E-state index >= 15 is 0 Å². The van der Waals surface area contributed by atoms with E-state index in [1.165, 1.54) is 0 Å². The van der Waals surface area contributed by atoms with Crippen molar-refractivity contribution < 1.29 is 33.0 Å². The van der Waals surface area contributed by atoms with Crippen molar-refractivity contribution in [1.29, 1.82) is 0 Å². The zero-order valence-electron chi connectivity index (χ0n) is 18.3. The number of alkyl halides is 3. The van der Waals surface area contributed by atoms with Crippen molar-refractivity contribution >= 4 is 23.5 Å². The Morgan fingerprint density at radius 2 is 1.91 bits per heavy atom. The molecule has 0 aliphatic heterocycles. The van der Waals surface area contributed by atoms with Gasteiger partial charge >= 0.3 is 18.1 Å². The van der Waals surface area contributed by atoms with Crippen molar-refractivity contribution in [3.8, 4) is 11.3 Å². The van der Waals surface area contributed by atoms with Gasteiger partial charge in [-0.05, 0) is 55.1 Å². The largest absolute Gasteiger partial charge is 0.490 e. The molecule has 1 aliphatic carbocycles. The lowest BCUT2D eigenvalue weighted by molar-refractivity contribution is -0.192. The summed E-state index contributed by atoms with van der Waals surface area (Å²) in [6, 6.07) is 9.66. The molecule has 0 spiro atoms. The molecule has 8 nitrogen and oxygen atoms in total. The zero-order chi connectivity index (χ0) is 25.6. The highest BCUT2D eigenvalue weighted by Crippen LogP contribution is 2.34. The van der Waals surface area contributed by atoms with Crippen LogP contribution in [-0.2, 0) is 30.7 Å². The summed E-state index contributed by atoms with van der Waals surface area (Å²) >= 11 is 6.00. The van der Waals surface area contributed by atoms with Gasteiger partial charge in [0.05, 0.1) is 5.69 Å². The van der Waals surface area contributed by atoms with Crippen LogP contribution in [0.2, 0.25) is 5.02 Å². The summed E-state index contributed by atoms with van der Waals surface area (Å²) < 4.78 is 33.4. The molecular formula is C23H22ClF3N4O4. The number of aromatic carboxylic acids is 1. The first-order chi connectivity index (χ1) is 16.6. The average Bonchev–Trinajstić information content (AvgIpc) is 3.18. The van der Waals surface area contributed by atoms with E-state index in [-0.39, 0.29) is 0 Å². The summed E-state index contributed by atoms with van der Waals surface area (Å²) in [4.78, 5) is 24.9. The number of fused-ring (bicyclic) bond motifs is 3. The number of carboxylic acids is 2. The first-order valence-corrected chi connectivity index (χ1v) is 11.0. The number of halogens is 4. The number of benzene rings is 1. The molecule has 0 radical (unpaired) electrons. The predicted molar refractivity (Wildman–Crippen MR) is 121 cm³/mol. The van der Waals surface area contributed by atoms with Crippen LogP contribution >= 0.6 is 11.6 Å². The second-order valence-electron chi connectivity index (χ2n) is 7.70. The molecule has 12 heteroatoms. The summed E-state index contributed by atoms with van der Waals surface area (Å²) in [5.41, 5.74) is 5.17. The van der Waals surface area contributed by atoms with Gasteiger partial charge in [0.1, 0.15) is 5.69 Å². The Bertz CT molecular complexity index is 1210. The zero-order valence-corrected chi connectivity index (χ0v) is 19.1. The van der Waals surface area contributed by atoms with Crippen LogP contribution in [0, 0.1) is 0 Å². The number of hydrogen-bond donors (Lipinski definition) is 3. The highest BCUT2D eigenvalue weighted by Gasteiger charge is 2.38. The van der Waals surface area contributed by atoms with Crippen molar-refractivity contribution in [2.75, 3.05) is 6.54 Å². The Kier molecular flexibility index (Phi) is 8.47. The van der Waals surface area contributed by atoms with Gasteiger partial charge in [0, 0.05) is 41.6 Å². The number of hydrogen-bond acceptors (Lipinski definition) is 5. The van der Waals surface area contributed by atoms with E-state index in [0.29, 0.717) is 18.7 Å². The third-order valence-corrected chi connectivity index (χ3v) is 5.48. The molecule has 0 atom stereocenters. The number of pyridine rings is 1. The molecule has 4 rings (SSSR count). The number of carboxylic acid groups (broad SMARTS) is 2. The highest BCUT2D eigenvalue weighted by atomic mass is 35.5. The molecule has 0 amide bonds. The number of aromatic nitrogens is 3. The lowest BCUT2D eigenvalue weighted by Crippen LogP contribution is -2.21. The van der Waals surface area contributed by atoms with Gasteiger partial charge in [-0.2, -0.15) is 18.3 Å². The third-order valence-electron chi connectivity index (χ3n) is 5.24. The molecule has 1 aromatic carbocycles. The van der Waals surface area contributed by atoms with E-state index in [9.17, 15) is 23.1 Å². The van der Waals surface area contributed by atoms with Crippen LogP contribution in [0.15, 0.2) is 42.7 Å². The smallest absolute Gasteiger partial charge is 0.477 e. The van der Waals surface area contributed by atoms with Gasteiger partial charge in [-0.1, -0.05) is 23.7 Å². The fourth-order valence-corrected chi connectivity index (χ4v) is 3.92. The molecule has 2 aromatic heterocycles. The third kappa shape index (κ3) is 6.80. The number of aliphatic carboxylic acids is 1. The average molecular weight is 511 g/mol. The number of rotatable bonds is 7. The second-order valence-corrected chi connectivity index (χ2v) is 8.14. The number of nitrogens with zero attached hydrogens (tertiary/aromatic N) is 3. The first-order valence-electron chi connectivity index (χ1n) is 10.6. The molecule has 0 bridgehead atoms. The lowest BCUT2D eigenvalue weighted by Gasteiger charge is -2.14.